The molecular weight excluding hydrogens is 266 g/mol. The van der Waals surface area contributed by atoms with E-state index in [4.69, 9.17) is 14.2 Å². The molecule has 0 spiro atoms. The maximum atomic E-state index is 5.50. The van der Waals surface area contributed by atoms with E-state index in [1.54, 1.807) is 21.3 Å². The molecule has 4 nitrogen and oxygen atoms in total. The van der Waals surface area contributed by atoms with Gasteiger partial charge in [-0.2, -0.15) is 0 Å². The van der Waals surface area contributed by atoms with Crippen LogP contribution in [0.1, 0.15) is 17.2 Å². The average molecular weight is 287 g/mol. The molecule has 1 atom stereocenters. The molecule has 21 heavy (non-hydrogen) atoms. The lowest BCUT2D eigenvalue weighted by Crippen LogP contribution is -2.19. The van der Waals surface area contributed by atoms with Gasteiger partial charge in [0.1, 0.15) is 17.2 Å². The van der Waals surface area contributed by atoms with Gasteiger partial charge in [0.15, 0.2) is 0 Å². The van der Waals surface area contributed by atoms with Crippen LogP contribution in [0.5, 0.6) is 17.2 Å². The zero-order valence-corrected chi connectivity index (χ0v) is 12.8. The highest BCUT2D eigenvalue weighted by Gasteiger charge is 2.20. The summed E-state index contributed by atoms with van der Waals surface area (Å²) >= 11 is 0. The van der Waals surface area contributed by atoms with Gasteiger partial charge in [0.05, 0.1) is 27.4 Å². The second-order valence-corrected chi connectivity index (χ2v) is 4.57. The van der Waals surface area contributed by atoms with E-state index in [1.807, 2.05) is 49.5 Å². The van der Waals surface area contributed by atoms with E-state index >= 15 is 0 Å². The van der Waals surface area contributed by atoms with Gasteiger partial charge in [-0.3, -0.25) is 0 Å². The second-order valence-electron chi connectivity index (χ2n) is 4.57. The Morgan fingerprint density at radius 2 is 1.48 bits per heavy atom. The first-order valence-electron chi connectivity index (χ1n) is 6.77. The summed E-state index contributed by atoms with van der Waals surface area (Å²) in [5, 5.41) is 3.32. The van der Waals surface area contributed by atoms with Crippen molar-refractivity contribution in [1.29, 1.82) is 0 Å². The molecule has 112 valence electrons. The molecular formula is C17H21NO3. The summed E-state index contributed by atoms with van der Waals surface area (Å²) in [6.07, 6.45) is 0. The van der Waals surface area contributed by atoms with Gasteiger partial charge in [-0.25, -0.2) is 0 Å². The number of benzene rings is 2. The smallest absolute Gasteiger partial charge is 0.127 e. The van der Waals surface area contributed by atoms with Gasteiger partial charge in [0.25, 0.3) is 0 Å². The Hall–Kier alpha value is -2.20. The van der Waals surface area contributed by atoms with Crippen molar-refractivity contribution in [3.8, 4) is 17.2 Å². The van der Waals surface area contributed by atoms with Crippen molar-refractivity contribution in [1.82, 2.24) is 5.32 Å². The van der Waals surface area contributed by atoms with Gasteiger partial charge in [-0.05, 0) is 25.2 Å². The predicted molar refractivity (Wildman–Crippen MR) is 83.4 cm³/mol. The molecule has 0 aliphatic carbocycles. The number of hydrogen-bond acceptors (Lipinski definition) is 4. The van der Waals surface area contributed by atoms with Gasteiger partial charge in [0.2, 0.25) is 0 Å². The third kappa shape index (κ3) is 3.11. The number of ether oxygens (including phenoxy) is 3. The Morgan fingerprint density at radius 1 is 0.810 bits per heavy atom. The minimum absolute atomic E-state index is 0.0259. The predicted octanol–water partition coefficient (Wildman–Crippen LogP) is 3.02. The number of methoxy groups -OCH3 is 3. The van der Waals surface area contributed by atoms with Crippen molar-refractivity contribution in [3.63, 3.8) is 0 Å². The Bertz CT molecular complexity index is 598. The van der Waals surface area contributed by atoms with Crippen molar-refractivity contribution in [2.45, 2.75) is 6.04 Å². The SMILES string of the molecule is CNC(c1ccccc1OC)c1ccc(OC)cc1OC. The lowest BCUT2D eigenvalue weighted by molar-refractivity contribution is 0.385. The molecule has 0 radical (unpaired) electrons. The minimum Gasteiger partial charge on any atom is -0.497 e. The summed E-state index contributed by atoms with van der Waals surface area (Å²) in [6.45, 7) is 0. The fourth-order valence-corrected chi connectivity index (χ4v) is 2.44. The summed E-state index contributed by atoms with van der Waals surface area (Å²) in [5.74, 6) is 2.39. The van der Waals surface area contributed by atoms with Gasteiger partial charge in [-0.1, -0.05) is 18.2 Å². The summed E-state index contributed by atoms with van der Waals surface area (Å²) in [7, 11) is 6.90. The van der Waals surface area contributed by atoms with Crippen LogP contribution in [0.3, 0.4) is 0 Å². The normalized spacial score (nSPS) is 11.8. The van der Waals surface area contributed by atoms with Crippen LogP contribution in [0, 0.1) is 0 Å². The highest BCUT2D eigenvalue weighted by atomic mass is 16.5. The molecule has 0 saturated carbocycles. The molecule has 0 heterocycles. The first-order chi connectivity index (χ1) is 10.2. The van der Waals surface area contributed by atoms with Crippen LogP contribution in [-0.4, -0.2) is 28.4 Å². The van der Waals surface area contributed by atoms with Crippen LogP contribution in [0.25, 0.3) is 0 Å². The van der Waals surface area contributed by atoms with E-state index in [0.717, 1.165) is 28.4 Å². The van der Waals surface area contributed by atoms with Crippen LogP contribution >= 0.6 is 0 Å². The van der Waals surface area contributed by atoms with Gasteiger partial charge in [0, 0.05) is 17.2 Å². The van der Waals surface area contributed by atoms with E-state index in [-0.39, 0.29) is 6.04 Å². The van der Waals surface area contributed by atoms with E-state index in [1.165, 1.54) is 0 Å². The Labute approximate surface area is 125 Å². The first-order valence-corrected chi connectivity index (χ1v) is 6.77. The molecule has 0 aromatic heterocycles. The lowest BCUT2D eigenvalue weighted by atomic mass is 9.97. The Balaban J connectivity index is 2.51. The maximum absolute atomic E-state index is 5.50. The van der Waals surface area contributed by atoms with E-state index in [9.17, 15) is 0 Å². The van der Waals surface area contributed by atoms with Crippen molar-refractivity contribution in [3.05, 3.63) is 53.6 Å². The standard InChI is InChI=1S/C17H21NO3/c1-18-17(13-7-5-6-8-15(13)20-3)14-10-9-12(19-2)11-16(14)21-4/h5-11,17-18H,1-4H3. The van der Waals surface area contributed by atoms with Crippen LogP contribution < -0.4 is 19.5 Å². The van der Waals surface area contributed by atoms with Crippen LogP contribution in [-0.2, 0) is 0 Å². The molecule has 2 aromatic carbocycles. The molecule has 0 fully saturated rings. The molecule has 1 N–H and O–H groups in total. The van der Waals surface area contributed by atoms with Gasteiger partial charge >= 0.3 is 0 Å². The van der Waals surface area contributed by atoms with Crippen molar-refractivity contribution in [2.75, 3.05) is 28.4 Å². The molecule has 0 aliphatic heterocycles. The second kappa shape index (κ2) is 6.99. The van der Waals surface area contributed by atoms with Crippen LogP contribution in [0.2, 0.25) is 0 Å². The molecule has 2 aromatic rings. The average Bonchev–Trinajstić information content (AvgIpc) is 2.56. The van der Waals surface area contributed by atoms with E-state index in [0.29, 0.717) is 0 Å². The molecule has 0 aliphatic rings. The Kier molecular flexibility index (Phi) is 5.06. The topological polar surface area (TPSA) is 39.7 Å². The number of rotatable bonds is 6. The summed E-state index contributed by atoms with van der Waals surface area (Å²) < 4.78 is 16.2. The van der Waals surface area contributed by atoms with E-state index in [2.05, 4.69) is 5.32 Å². The van der Waals surface area contributed by atoms with Crippen molar-refractivity contribution >= 4 is 0 Å². The fourth-order valence-electron chi connectivity index (χ4n) is 2.44. The Morgan fingerprint density at radius 3 is 2.10 bits per heavy atom. The molecule has 0 bridgehead atoms. The third-order valence-corrected chi connectivity index (χ3v) is 3.49. The summed E-state index contributed by atoms with van der Waals surface area (Å²) in [5.41, 5.74) is 2.09. The highest BCUT2D eigenvalue weighted by molar-refractivity contribution is 5.49. The fraction of sp³-hybridized carbons (Fsp3) is 0.294. The van der Waals surface area contributed by atoms with Crippen molar-refractivity contribution < 1.29 is 14.2 Å². The number of nitrogens with one attached hydrogen (secondary N) is 1. The van der Waals surface area contributed by atoms with Crippen molar-refractivity contribution in [2.24, 2.45) is 0 Å². The first kappa shape index (κ1) is 15.2. The number of hydrogen-bond donors (Lipinski definition) is 1. The zero-order chi connectivity index (χ0) is 15.2. The zero-order valence-electron chi connectivity index (χ0n) is 12.8. The minimum atomic E-state index is -0.0259. The lowest BCUT2D eigenvalue weighted by Gasteiger charge is -2.22. The molecule has 0 saturated heterocycles. The summed E-state index contributed by atoms with van der Waals surface area (Å²) in [4.78, 5) is 0. The molecule has 1 unspecified atom stereocenters. The monoisotopic (exact) mass is 287 g/mol. The quantitative estimate of drug-likeness (QED) is 0.886. The largest absolute Gasteiger partial charge is 0.497 e. The van der Waals surface area contributed by atoms with Crippen LogP contribution in [0.15, 0.2) is 42.5 Å². The number of para-hydroxylation sites is 1. The van der Waals surface area contributed by atoms with E-state index < -0.39 is 0 Å². The maximum Gasteiger partial charge on any atom is 0.127 e. The van der Waals surface area contributed by atoms with Gasteiger partial charge in [-0.15, -0.1) is 0 Å². The third-order valence-electron chi connectivity index (χ3n) is 3.49. The van der Waals surface area contributed by atoms with Gasteiger partial charge < -0.3 is 19.5 Å². The molecule has 4 heteroatoms. The molecule has 2 rings (SSSR count). The highest BCUT2D eigenvalue weighted by Crippen LogP contribution is 2.36. The molecule has 0 amide bonds. The van der Waals surface area contributed by atoms with Crippen LogP contribution in [0.4, 0.5) is 0 Å². The summed E-state index contributed by atoms with van der Waals surface area (Å²) in [6, 6.07) is 13.7.